The van der Waals surface area contributed by atoms with Gasteiger partial charge in [-0.1, -0.05) is 316 Å². The lowest BCUT2D eigenvalue weighted by atomic mass is 10.0. The summed E-state index contributed by atoms with van der Waals surface area (Å²) in [7, 11) is 1.52. The fourth-order valence-corrected chi connectivity index (χ4v) is 11.0. The van der Waals surface area contributed by atoms with Crippen LogP contribution in [0.4, 0.5) is 0 Å². The fraction of sp³-hybridized carbons (Fsp3) is 0.939. The standard InChI is InChI=1S/C66H131N2O7P/c1-7-10-13-16-19-22-25-27-29-31-32-33-34-35-36-37-39-41-44-47-50-53-56-59-66(70)75-64(57-54-51-48-45-42-24-21-18-15-12-9-3)63(62-74-76(71,72)73-61-60-68(4,5)6)67-65(69)58-55-52-49-46-43-40-38-30-28-26-23-20-17-14-11-8-2/h54,57,63-64H,7-53,55-56,58-62H2,1-6H3,(H-,67,69,71,72)/p+1/b57-54-. The van der Waals surface area contributed by atoms with E-state index < -0.39 is 20.0 Å². The van der Waals surface area contributed by atoms with E-state index in [1.165, 1.54) is 257 Å². The number of nitrogens with zero attached hydrogens (tertiary/aromatic N) is 1. The number of quaternary nitrogens is 1. The third kappa shape index (κ3) is 57.4. The molecule has 0 spiro atoms. The van der Waals surface area contributed by atoms with Crippen LogP contribution in [0.1, 0.15) is 348 Å². The first kappa shape index (κ1) is 74.8. The molecule has 1 amide bonds. The molecule has 0 saturated carbocycles. The number of amides is 1. The average molecular weight is 1100 g/mol. The van der Waals surface area contributed by atoms with Crippen molar-refractivity contribution in [2.45, 2.75) is 360 Å². The monoisotopic (exact) mass is 1100 g/mol. The fourth-order valence-electron chi connectivity index (χ4n) is 10.3. The van der Waals surface area contributed by atoms with Crippen molar-refractivity contribution < 1.29 is 37.3 Å². The highest BCUT2D eigenvalue weighted by Crippen LogP contribution is 2.43. The minimum atomic E-state index is -4.44. The molecule has 0 fully saturated rings. The summed E-state index contributed by atoms with van der Waals surface area (Å²) in [5.41, 5.74) is 0. The molecule has 3 atom stereocenters. The molecule has 3 unspecified atom stereocenters. The zero-order valence-corrected chi connectivity index (χ0v) is 52.7. The molecule has 0 aliphatic carbocycles. The van der Waals surface area contributed by atoms with E-state index in [-0.39, 0.29) is 25.1 Å². The van der Waals surface area contributed by atoms with Crippen LogP contribution in [0.2, 0.25) is 0 Å². The van der Waals surface area contributed by atoms with E-state index >= 15 is 0 Å². The van der Waals surface area contributed by atoms with Crippen molar-refractivity contribution in [3.8, 4) is 0 Å². The molecule has 0 aromatic heterocycles. The van der Waals surface area contributed by atoms with Gasteiger partial charge in [-0.3, -0.25) is 18.6 Å². The summed E-state index contributed by atoms with van der Waals surface area (Å²) >= 11 is 0. The van der Waals surface area contributed by atoms with Crippen molar-refractivity contribution in [1.29, 1.82) is 0 Å². The third-order valence-electron chi connectivity index (χ3n) is 15.5. The van der Waals surface area contributed by atoms with Gasteiger partial charge in [0, 0.05) is 12.8 Å². The summed E-state index contributed by atoms with van der Waals surface area (Å²) in [6, 6.07) is -0.839. The van der Waals surface area contributed by atoms with Gasteiger partial charge in [0.05, 0.1) is 33.8 Å². The number of hydrogen-bond donors (Lipinski definition) is 2. The Morgan fingerprint density at radius 1 is 0.447 bits per heavy atom. The Balaban J connectivity index is 5.03. The van der Waals surface area contributed by atoms with Crippen LogP contribution in [0, 0.1) is 0 Å². The Kier molecular flexibility index (Phi) is 56.1. The second-order valence-corrected chi connectivity index (χ2v) is 25.8. The third-order valence-corrected chi connectivity index (χ3v) is 16.5. The van der Waals surface area contributed by atoms with Gasteiger partial charge in [-0.25, -0.2) is 4.57 Å². The average Bonchev–Trinajstić information content (AvgIpc) is 3.38. The van der Waals surface area contributed by atoms with Gasteiger partial charge in [0.1, 0.15) is 19.3 Å². The first-order valence-corrected chi connectivity index (χ1v) is 35.0. The molecule has 0 heterocycles. The van der Waals surface area contributed by atoms with Crippen LogP contribution < -0.4 is 5.32 Å². The topological polar surface area (TPSA) is 111 Å². The maximum absolute atomic E-state index is 13.5. The number of unbranched alkanes of at least 4 members (excludes halogenated alkanes) is 46. The predicted molar refractivity (Wildman–Crippen MR) is 328 cm³/mol. The number of esters is 1. The Morgan fingerprint density at radius 2 is 0.750 bits per heavy atom. The minimum Gasteiger partial charge on any atom is -0.456 e. The van der Waals surface area contributed by atoms with Crippen LogP contribution in [0.25, 0.3) is 0 Å². The molecule has 2 N–H and O–H groups in total. The highest BCUT2D eigenvalue weighted by Gasteiger charge is 2.30. The maximum Gasteiger partial charge on any atom is 0.472 e. The Bertz CT molecular complexity index is 1310. The van der Waals surface area contributed by atoms with Crippen molar-refractivity contribution in [2.24, 2.45) is 0 Å². The first-order valence-electron chi connectivity index (χ1n) is 33.5. The van der Waals surface area contributed by atoms with Crippen molar-refractivity contribution in [2.75, 3.05) is 40.9 Å². The van der Waals surface area contributed by atoms with Gasteiger partial charge in [0.2, 0.25) is 5.91 Å². The van der Waals surface area contributed by atoms with Crippen LogP contribution in [0.3, 0.4) is 0 Å². The van der Waals surface area contributed by atoms with Gasteiger partial charge in [0.15, 0.2) is 0 Å². The van der Waals surface area contributed by atoms with E-state index in [1.54, 1.807) is 0 Å². The van der Waals surface area contributed by atoms with E-state index in [4.69, 9.17) is 13.8 Å². The van der Waals surface area contributed by atoms with Crippen LogP contribution in [0.15, 0.2) is 12.2 Å². The highest BCUT2D eigenvalue weighted by atomic mass is 31.2. The molecule has 9 nitrogen and oxygen atoms in total. The summed E-state index contributed by atoms with van der Waals surface area (Å²) in [6.45, 7) is 7.07. The van der Waals surface area contributed by atoms with Gasteiger partial charge in [-0.2, -0.15) is 0 Å². The van der Waals surface area contributed by atoms with Crippen molar-refractivity contribution >= 4 is 19.7 Å². The zero-order chi connectivity index (χ0) is 55.7. The van der Waals surface area contributed by atoms with Crippen LogP contribution >= 0.6 is 7.82 Å². The van der Waals surface area contributed by atoms with E-state index in [9.17, 15) is 19.0 Å². The second-order valence-electron chi connectivity index (χ2n) is 24.4. The number of hydrogen-bond acceptors (Lipinski definition) is 6. The number of allylic oxidation sites excluding steroid dienone is 1. The number of phosphoric acid groups is 1. The SMILES string of the molecule is CCCCCCCCCCC/C=C\C(OC(=O)CCCCCCCCCCCCCCCCCCCCCCCCC)C(COP(=O)(O)OCC[N+](C)(C)C)NC(=O)CCCCCCCCCCCCCCCCCC. The number of carbonyl (C=O) groups excluding carboxylic acids is 2. The Hall–Kier alpha value is -1.25. The van der Waals surface area contributed by atoms with Crippen molar-refractivity contribution in [3.63, 3.8) is 0 Å². The number of rotatable bonds is 62. The zero-order valence-electron chi connectivity index (χ0n) is 51.8. The maximum atomic E-state index is 13.5. The minimum absolute atomic E-state index is 0.0458. The molecular weight excluding hydrogens is 964 g/mol. The molecule has 0 aromatic rings. The largest absolute Gasteiger partial charge is 0.472 e. The van der Waals surface area contributed by atoms with Crippen LogP contribution in [0.5, 0.6) is 0 Å². The molecule has 452 valence electrons. The quantitative estimate of drug-likeness (QED) is 0.0205. The van der Waals surface area contributed by atoms with Gasteiger partial charge in [-0.15, -0.1) is 0 Å². The lowest BCUT2D eigenvalue weighted by molar-refractivity contribution is -0.870. The summed E-state index contributed by atoms with van der Waals surface area (Å²) in [6.07, 6.45) is 66.5. The summed E-state index contributed by atoms with van der Waals surface area (Å²) in [5.74, 6) is -0.481. The molecule has 0 bridgehead atoms. The van der Waals surface area contributed by atoms with Gasteiger partial charge >= 0.3 is 13.8 Å². The second kappa shape index (κ2) is 57.0. The van der Waals surface area contributed by atoms with E-state index in [1.807, 2.05) is 33.3 Å². The van der Waals surface area contributed by atoms with E-state index in [0.29, 0.717) is 23.9 Å². The molecule has 76 heavy (non-hydrogen) atoms. The molecule has 10 heteroatoms. The highest BCUT2D eigenvalue weighted by molar-refractivity contribution is 7.47. The lowest BCUT2D eigenvalue weighted by Gasteiger charge is -2.27. The van der Waals surface area contributed by atoms with Gasteiger partial charge in [0.25, 0.3) is 0 Å². The summed E-state index contributed by atoms with van der Waals surface area (Å²) in [4.78, 5) is 37.7. The summed E-state index contributed by atoms with van der Waals surface area (Å²) in [5, 5.41) is 3.07. The molecular formula is C66H132N2O7P+. The predicted octanol–water partition coefficient (Wildman–Crippen LogP) is 20.7. The van der Waals surface area contributed by atoms with Crippen LogP contribution in [-0.2, 0) is 27.9 Å². The molecule has 0 aliphatic rings. The van der Waals surface area contributed by atoms with Crippen molar-refractivity contribution in [1.82, 2.24) is 5.32 Å². The van der Waals surface area contributed by atoms with E-state index in [2.05, 4.69) is 26.1 Å². The Labute approximate surface area is 473 Å². The number of likely N-dealkylation sites (N-methyl/N-ethyl adjacent to an activating group) is 1. The number of phosphoric ester groups is 1. The van der Waals surface area contributed by atoms with Gasteiger partial charge < -0.3 is 19.4 Å². The molecule has 0 radical (unpaired) electrons. The molecule has 0 aromatic carbocycles. The normalized spacial score (nSPS) is 13.6. The van der Waals surface area contributed by atoms with E-state index in [0.717, 1.165) is 57.8 Å². The van der Waals surface area contributed by atoms with Gasteiger partial charge in [-0.05, 0) is 31.8 Å². The van der Waals surface area contributed by atoms with Crippen LogP contribution in [-0.4, -0.2) is 74.3 Å². The molecule has 0 saturated heterocycles. The summed E-state index contributed by atoms with van der Waals surface area (Å²) < 4.78 is 30.7. The number of carbonyl (C=O) groups is 2. The number of ether oxygens (including phenoxy) is 1. The molecule has 0 aliphatic heterocycles. The Morgan fingerprint density at radius 3 is 1.08 bits per heavy atom. The van der Waals surface area contributed by atoms with Crippen molar-refractivity contribution in [3.05, 3.63) is 12.2 Å². The molecule has 0 rings (SSSR count). The smallest absolute Gasteiger partial charge is 0.456 e. The first-order chi connectivity index (χ1) is 36.9. The number of nitrogens with one attached hydrogen (secondary N) is 1. The lowest BCUT2D eigenvalue weighted by Crippen LogP contribution is -2.47.